The molecule has 1 aromatic carbocycles. The standard InChI is InChI=1S/C18H24N4O/c1-13-9-15(14-7-5-4-6-8-14)12-22(13)18(23)17(19-2)16-10-20-21(3)11-16/h4-8,10-11,13,15,17,19H,9,12H2,1-3H3. The van der Waals surface area contributed by atoms with Gasteiger partial charge in [0, 0.05) is 37.3 Å². The van der Waals surface area contributed by atoms with E-state index >= 15 is 0 Å². The molecule has 1 saturated heterocycles. The maximum Gasteiger partial charge on any atom is 0.244 e. The van der Waals surface area contributed by atoms with Gasteiger partial charge in [-0.2, -0.15) is 5.10 Å². The summed E-state index contributed by atoms with van der Waals surface area (Å²) >= 11 is 0. The second-order valence-electron chi connectivity index (χ2n) is 6.35. The smallest absolute Gasteiger partial charge is 0.244 e. The second kappa shape index (κ2) is 6.54. The van der Waals surface area contributed by atoms with Crippen LogP contribution in [0.1, 0.15) is 36.4 Å². The molecule has 0 aliphatic carbocycles. The predicted octanol–water partition coefficient (Wildman–Crippen LogP) is 2.09. The van der Waals surface area contributed by atoms with Crippen LogP contribution in [-0.2, 0) is 11.8 Å². The van der Waals surface area contributed by atoms with E-state index in [2.05, 4.69) is 41.6 Å². The number of benzene rings is 1. The van der Waals surface area contributed by atoms with Crippen LogP contribution in [0.2, 0.25) is 0 Å². The summed E-state index contributed by atoms with van der Waals surface area (Å²) in [6.45, 7) is 2.92. The number of aryl methyl sites for hydroxylation is 1. The van der Waals surface area contributed by atoms with Gasteiger partial charge in [-0.3, -0.25) is 9.48 Å². The quantitative estimate of drug-likeness (QED) is 0.940. The summed E-state index contributed by atoms with van der Waals surface area (Å²) in [7, 11) is 3.69. The third kappa shape index (κ3) is 3.15. The van der Waals surface area contributed by atoms with Crippen LogP contribution in [0.3, 0.4) is 0 Å². The van der Waals surface area contributed by atoms with E-state index in [1.165, 1.54) is 5.56 Å². The van der Waals surface area contributed by atoms with Crippen molar-refractivity contribution in [3.8, 4) is 0 Å². The van der Waals surface area contributed by atoms with Crippen LogP contribution >= 0.6 is 0 Å². The van der Waals surface area contributed by atoms with Crippen LogP contribution in [0.4, 0.5) is 0 Å². The summed E-state index contributed by atoms with van der Waals surface area (Å²) in [5.41, 5.74) is 2.23. The van der Waals surface area contributed by atoms with Crippen molar-refractivity contribution in [3.05, 3.63) is 53.9 Å². The van der Waals surface area contributed by atoms with E-state index in [0.29, 0.717) is 5.92 Å². The fourth-order valence-corrected chi connectivity index (χ4v) is 3.49. The lowest BCUT2D eigenvalue weighted by atomic mass is 9.97. The molecule has 1 fully saturated rings. The Hall–Kier alpha value is -2.14. The first kappa shape index (κ1) is 15.7. The highest BCUT2D eigenvalue weighted by Crippen LogP contribution is 2.33. The molecule has 23 heavy (non-hydrogen) atoms. The summed E-state index contributed by atoms with van der Waals surface area (Å²) in [5.74, 6) is 0.549. The van der Waals surface area contributed by atoms with Crippen LogP contribution in [0.15, 0.2) is 42.7 Å². The van der Waals surface area contributed by atoms with Crippen LogP contribution < -0.4 is 5.32 Å². The summed E-state index contributed by atoms with van der Waals surface area (Å²) < 4.78 is 1.73. The Morgan fingerprint density at radius 1 is 1.35 bits per heavy atom. The molecule has 2 heterocycles. The Labute approximate surface area is 137 Å². The molecule has 5 heteroatoms. The van der Waals surface area contributed by atoms with E-state index in [1.54, 1.807) is 10.9 Å². The van der Waals surface area contributed by atoms with Gasteiger partial charge in [0.25, 0.3) is 0 Å². The molecule has 1 aromatic heterocycles. The van der Waals surface area contributed by atoms with Crippen molar-refractivity contribution in [2.24, 2.45) is 7.05 Å². The molecule has 1 aliphatic rings. The Kier molecular flexibility index (Phi) is 4.48. The van der Waals surface area contributed by atoms with Gasteiger partial charge >= 0.3 is 0 Å². The van der Waals surface area contributed by atoms with Crippen molar-refractivity contribution in [2.45, 2.75) is 31.3 Å². The minimum Gasteiger partial charge on any atom is -0.338 e. The highest BCUT2D eigenvalue weighted by atomic mass is 16.2. The van der Waals surface area contributed by atoms with Crippen molar-refractivity contribution in [3.63, 3.8) is 0 Å². The SMILES string of the molecule is CNC(C(=O)N1CC(c2ccccc2)CC1C)c1cnn(C)c1. The molecule has 3 rings (SSSR count). The first-order valence-electron chi connectivity index (χ1n) is 8.11. The summed E-state index contributed by atoms with van der Waals surface area (Å²) in [6.07, 6.45) is 4.67. The van der Waals surface area contributed by atoms with Crippen molar-refractivity contribution in [2.75, 3.05) is 13.6 Å². The normalized spacial score (nSPS) is 22.3. The molecule has 5 nitrogen and oxygen atoms in total. The lowest BCUT2D eigenvalue weighted by molar-refractivity contribution is -0.134. The Balaban J connectivity index is 1.76. The Morgan fingerprint density at radius 3 is 2.70 bits per heavy atom. The molecular formula is C18H24N4O. The minimum absolute atomic E-state index is 0.131. The van der Waals surface area contributed by atoms with Crippen LogP contribution in [0.5, 0.6) is 0 Å². The molecule has 1 N–H and O–H groups in total. The number of likely N-dealkylation sites (tertiary alicyclic amines) is 1. The number of aromatic nitrogens is 2. The van der Waals surface area contributed by atoms with Crippen LogP contribution in [0, 0.1) is 0 Å². The number of nitrogens with one attached hydrogen (secondary N) is 1. The summed E-state index contributed by atoms with van der Waals surface area (Å²) in [5, 5.41) is 7.32. The first-order valence-corrected chi connectivity index (χ1v) is 8.11. The van der Waals surface area contributed by atoms with Crippen molar-refractivity contribution >= 4 is 5.91 Å². The number of likely N-dealkylation sites (N-methyl/N-ethyl adjacent to an activating group) is 1. The monoisotopic (exact) mass is 312 g/mol. The summed E-state index contributed by atoms with van der Waals surface area (Å²) in [6, 6.07) is 10.4. The van der Waals surface area contributed by atoms with Gasteiger partial charge in [0.2, 0.25) is 5.91 Å². The van der Waals surface area contributed by atoms with E-state index in [0.717, 1.165) is 18.5 Å². The Bertz CT molecular complexity index is 667. The molecule has 1 amide bonds. The van der Waals surface area contributed by atoms with Crippen molar-refractivity contribution < 1.29 is 4.79 Å². The van der Waals surface area contributed by atoms with E-state index < -0.39 is 0 Å². The van der Waals surface area contributed by atoms with Gasteiger partial charge in [-0.05, 0) is 26.0 Å². The maximum atomic E-state index is 13.0. The van der Waals surface area contributed by atoms with Gasteiger partial charge in [-0.15, -0.1) is 0 Å². The highest BCUT2D eigenvalue weighted by Gasteiger charge is 2.36. The zero-order chi connectivity index (χ0) is 16.4. The number of hydrogen-bond acceptors (Lipinski definition) is 3. The van der Waals surface area contributed by atoms with Crippen molar-refractivity contribution in [1.29, 1.82) is 0 Å². The van der Waals surface area contributed by atoms with Gasteiger partial charge < -0.3 is 10.2 Å². The van der Waals surface area contributed by atoms with Gasteiger partial charge in [0.15, 0.2) is 0 Å². The van der Waals surface area contributed by atoms with E-state index in [1.807, 2.05) is 31.3 Å². The van der Waals surface area contributed by atoms with Gasteiger partial charge in [0.05, 0.1) is 6.20 Å². The lowest BCUT2D eigenvalue weighted by Gasteiger charge is -2.26. The fourth-order valence-electron chi connectivity index (χ4n) is 3.49. The lowest BCUT2D eigenvalue weighted by Crippen LogP contribution is -2.41. The molecule has 0 radical (unpaired) electrons. The van der Waals surface area contributed by atoms with E-state index in [4.69, 9.17) is 0 Å². The third-order valence-corrected chi connectivity index (χ3v) is 4.72. The molecule has 3 unspecified atom stereocenters. The van der Waals surface area contributed by atoms with Gasteiger partial charge in [0.1, 0.15) is 6.04 Å². The van der Waals surface area contributed by atoms with Gasteiger partial charge in [-0.1, -0.05) is 30.3 Å². The number of amides is 1. The first-order chi connectivity index (χ1) is 11.1. The zero-order valence-electron chi connectivity index (χ0n) is 13.9. The number of carbonyl (C=O) groups excluding carboxylic acids is 1. The van der Waals surface area contributed by atoms with E-state index in [9.17, 15) is 4.79 Å². The molecule has 0 saturated carbocycles. The Morgan fingerprint density at radius 2 is 2.09 bits per heavy atom. The maximum absolute atomic E-state index is 13.0. The molecule has 0 bridgehead atoms. The highest BCUT2D eigenvalue weighted by molar-refractivity contribution is 5.83. The predicted molar refractivity (Wildman–Crippen MR) is 90.0 cm³/mol. The molecular weight excluding hydrogens is 288 g/mol. The third-order valence-electron chi connectivity index (χ3n) is 4.72. The fraction of sp³-hybridized carbons (Fsp3) is 0.444. The summed E-state index contributed by atoms with van der Waals surface area (Å²) in [4.78, 5) is 15.0. The number of hydrogen-bond donors (Lipinski definition) is 1. The molecule has 1 aliphatic heterocycles. The topological polar surface area (TPSA) is 50.2 Å². The number of carbonyl (C=O) groups is 1. The molecule has 0 spiro atoms. The number of nitrogens with zero attached hydrogens (tertiary/aromatic N) is 3. The minimum atomic E-state index is -0.333. The van der Waals surface area contributed by atoms with Crippen molar-refractivity contribution in [1.82, 2.24) is 20.0 Å². The molecule has 122 valence electrons. The average molecular weight is 312 g/mol. The van der Waals surface area contributed by atoms with Crippen LogP contribution in [-0.4, -0.2) is 40.2 Å². The number of rotatable bonds is 4. The van der Waals surface area contributed by atoms with Crippen LogP contribution in [0.25, 0.3) is 0 Å². The average Bonchev–Trinajstić information content (AvgIpc) is 3.15. The zero-order valence-corrected chi connectivity index (χ0v) is 13.9. The van der Waals surface area contributed by atoms with Gasteiger partial charge in [-0.25, -0.2) is 0 Å². The van der Waals surface area contributed by atoms with E-state index in [-0.39, 0.29) is 18.0 Å². The second-order valence-corrected chi connectivity index (χ2v) is 6.35. The largest absolute Gasteiger partial charge is 0.338 e. The molecule has 2 aromatic rings. The molecule has 3 atom stereocenters.